The van der Waals surface area contributed by atoms with Crippen LogP contribution in [0.1, 0.15) is 19.8 Å². The largest absolute Gasteiger partial charge is 0.383 e. The third kappa shape index (κ3) is 8.60. The lowest BCUT2D eigenvalue weighted by molar-refractivity contribution is 0.144. The number of nitrogens with two attached hydrogens (primary N) is 1. The fourth-order valence-corrected chi connectivity index (χ4v) is 1.66. The number of rotatable bonds is 10. The van der Waals surface area contributed by atoms with E-state index in [-0.39, 0.29) is 0 Å². The Bertz CT molecular complexity index is 151. The van der Waals surface area contributed by atoms with Crippen molar-refractivity contribution in [2.45, 2.75) is 19.8 Å². The molecule has 2 N–H and O–H groups in total. The second-order valence-electron chi connectivity index (χ2n) is 4.08. The molecule has 0 amide bonds. The highest BCUT2D eigenvalue weighted by atomic mass is 16.5. The van der Waals surface area contributed by atoms with Gasteiger partial charge in [0.15, 0.2) is 0 Å². The predicted molar refractivity (Wildman–Crippen MR) is 66.0 cm³/mol. The molecule has 0 rings (SSSR count). The van der Waals surface area contributed by atoms with Crippen molar-refractivity contribution in [1.82, 2.24) is 4.90 Å². The molecule has 90 valence electrons. The molecule has 15 heavy (non-hydrogen) atoms. The molecule has 0 aliphatic carbocycles. The van der Waals surface area contributed by atoms with Crippen molar-refractivity contribution < 1.29 is 4.74 Å². The molecule has 0 spiro atoms. The van der Waals surface area contributed by atoms with E-state index in [1.165, 1.54) is 6.42 Å². The highest BCUT2D eigenvalue weighted by molar-refractivity contribution is 4.74. The van der Waals surface area contributed by atoms with Gasteiger partial charge in [-0.15, -0.1) is 6.58 Å². The first-order chi connectivity index (χ1) is 7.24. The molecule has 3 heteroatoms. The smallest absolute Gasteiger partial charge is 0.0589 e. The van der Waals surface area contributed by atoms with Gasteiger partial charge in [-0.3, -0.25) is 4.90 Å². The van der Waals surface area contributed by atoms with Crippen molar-refractivity contribution in [2.24, 2.45) is 11.7 Å². The number of hydrogen-bond donors (Lipinski definition) is 1. The Morgan fingerprint density at radius 2 is 2.27 bits per heavy atom. The van der Waals surface area contributed by atoms with Gasteiger partial charge in [0.25, 0.3) is 0 Å². The first-order valence-corrected chi connectivity index (χ1v) is 5.76. The van der Waals surface area contributed by atoms with Crippen molar-refractivity contribution in [3.05, 3.63) is 12.7 Å². The Labute approximate surface area is 94.3 Å². The predicted octanol–water partition coefficient (Wildman–Crippen LogP) is 1.50. The molecule has 0 bridgehead atoms. The van der Waals surface area contributed by atoms with Crippen molar-refractivity contribution in [3.63, 3.8) is 0 Å². The lowest BCUT2D eigenvalue weighted by atomic mass is 10.1. The van der Waals surface area contributed by atoms with Crippen LogP contribution in [0.15, 0.2) is 12.7 Å². The Morgan fingerprint density at radius 3 is 2.80 bits per heavy atom. The Hall–Kier alpha value is -0.380. The van der Waals surface area contributed by atoms with Crippen LogP contribution in [-0.2, 0) is 4.74 Å². The molecule has 0 saturated carbocycles. The Morgan fingerprint density at radius 1 is 1.53 bits per heavy atom. The van der Waals surface area contributed by atoms with Gasteiger partial charge in [0.1, 0.15) is 0 Å². The maximum absolute atomic E-state index is 5.50. The van der Waals surface area contributed by atoms with Gasteiger partial charge in [-0.2, -0.15) is 0 Å². The standard InChI is InChI=1S/C12H26N2O/c1-4-8-14(9-10-15-3)11-12(2)6-5-7-13/h4,12H,1,5-11,13H2,2-3H3. The fraction of sp³-hybridized carbons (Fsp3) is 0.833. The van der Waals surface area contributed by atoms with Crippen LogP contribution in [0.25, 0.3) is 0 Å². The Balaban J connectivity index is 3.75. The molecule has 1 unspecified atom stereocenters. The molecular weight excluding hydrogens is 188 g/mol. The summed E-state index contributed by atoms with van der Waals surface area (Å²) in [7, 11) is 1.74. The SMILES string of the molecule is C=CCN(CCOC)CC(C)CCCN. The molecule has 0 saturated heterocycles. The first kappa shape index (κ1) is 14.6. The number of hydrogen-bond acceptors (Lipinski definition) is 3. The first-order valence-electron chi connectivity index (χ1n) is 5.76. The van der Waals surface area contributed by atoms with Crippen LogP contribution in [0.4, 0.5) is 0 Å². The quantitative estimate of drug-likeness (QED) is 0.560. The summed E-state index contributed by atoms with van der Waals surface area (Å²) in [6, 6.07) is 0. The minimum absolute atomic E-state index is 0.699. The normalized spacial score (nSPS) is 13.1. The van der Waals surface area contributed by atoms with Gasteiger partial charge in [-0.05, 0) is 25.3 Å². The summed E-state index contributed by atoms with van der Waals surface area (Å²) in [4.78, 5) is 2.37. The third-order valence-electron chi connectivity index (χ3n) is 2.47. The maximum Gasteiger partial charge on any atom is 0.0589 e. The van der Waals surface area contributed by atoms with Crippen LogP contribution in [0.2, 0.25) is 0 Å². The average Bonchev–Trinajstić information content (AvgIpc) is 2.23. The van der Waals surface area contributed by atoms with Crippen LogP contribution in [0, 0.1) is 5.92 Å². The molecule has 3 nitrogen and oxygen atoms in total. The summed E-state index contributed by atoms with van der Waals surface area (Å²) < 4.78 is 5.09. The fourth-order valence-electron chi connectivity index (χ4n) is 1.66. The van der Waals surface area contributed by atoms with Crippen LogP contribution in [-0.4, -0.2) is 44.8 Å². The summed E-state index contributed by atoms with van der Waals surface area (Å²) in [6.07, 6.45) is 4.27. The van der Waals surface area contributed by atoms with Gasteiger partial charge in [0, 0.05) is 26.7 Å². The highest BCUT2D eigenvalue weighted by Crippen LogP contribution is 2.07. The molecule has 0 fully saturated rings. The van der Waals surface area contributed by atoms with Gasteiger partial charge >= 0.3 is 0 Å². The second-order valence-corrected chi connectivity index (χ2v) is 4.08. The zero-order valence-electron chi connectivity index (χ0n) is 10.2. The molecule has 1 atom stereocenters. The van der Waals surface area contributed by atoms with Crippen molar-refractivity contribution in [2.75, 3.05) is 39.9 Å². The molecule has 0 aliphatic rings. The maximum atomic E-state index is 5.50. The summed E-state index contributed by atoms with van der Waals surface area (Å²) in [5.74, 6) is 0.699. The van der Waals surface area contributed by atoms with Crippen LogP contribution >= 0.6 is 0 Å². The van der Waals surface area contributed by atoms with E-state index in [4.69, 9.17) is 10.5 Å². The lowest BCUT2D eigenvalue weighted by Crippen LogP contribution is -2.32. The van der Waals surface area contributed by atoms with E-state index in [9.17, 15) is 0 Å². The number of methoxy groups -OCH3 is 1. The van der Waals surface area contributed by atoms with E-state index >= 15 is 0 Å². The molecule has 0 aromatic carbocycles. The van der Waals surface area contributed by atoms with Crippen LogP contribution in [0.3, 0.4) is 0 Å². The van der Waals surface area contributed by atoms with Gasteiger partial charge in [-0.25, -0.2) is 0 Å². The molecule has 0 aromatic rings. The zero-order valence-corrected chi connectivity index (χ0v) is 10.2. The van der Waals surface area contributed by atoms with Gasteiger partial charge in [-0.1, -0.05) is 13.0 Å². The van der Waals surface area contributed by atoms with Gasteiger partial charge < -0.3 is 10.5 Å². The second kappa shape index (κ2) is 10.1. The monoisotopic (exact) mass is 214 g/mol. The molecule has 0 aromatic heterocycles. The van der Waals surface area contributed by atoms with E-state index in [1.807, 2.05) is 6.08 Å². The Kier molecular flexibility index (Phi) is 9.89. The van der Waals surface area contributed by atoms with Crippen molar-refractivity contribution >= 4 is 0 Å². The zero-order chi connectivity index (χ0) is 11.5. The minimum Gasteiger partial charge on any atom is -0.383 e. The summed E-state index contributed by atoms with van der Waals surface area (Å²) >= 11 is 0. The summed E-state index contributed by atoms with van der Waals surface area (Å²) in [5, 5.41) is 0. The average molecular weight is 214 g/mol. The molecular formula is C12H26N2O. The van der Waals surface area contributed by atoms with E-state index in [0.29, 0.717) is 5.92 Å². The van der Waals surface area contributed by atoms with Crippen molar-refractivity contribution in [3.8, 4) is 0 Å². The highest BCUT2D eigenvalue weighted by Gasteiger charge is 2.08. The van der Waals surface area contributed by atoms with Crippen LogP contribution in [0.5, 0.6) is 0 Å². The van der Waals surface area contributed by atoms with Crippen molar-refractivity contribution in [1.29, 1.82) is 0 Å². The van der Waals surface area contributed by atoms with Gasteiger partial charge in [0.2, 0.25) is 0 Å². The van der Waals surface area contributed by atoms with E-state index in [2.05, 4.69) is 18.4 Å². The summed E-state index contributed by atoms with van der Waals surface area (Å²) in [6.45, 7) is 10.7. The summed E-state index contributed by atoms with van der Waals surface area (Å²) in [5.41, 5.74) is 5.50. The van der Waals surface area contributed by atoms with E-state index in [1.54, 1.807) is 7.11 Å². The molecule has 0 radical (unpaired) electrons. The lowest BCUT2D eigenvalue weighted by Gasteiger charge is -2.24. The van der Waals surface area contributed by atoms with E-state index in [0.717, 1.165) is 39.2 Å². The number of nitrogens with zero attached hydrogens (tertiary/aromatic N) is 1. The third-order valence-corrected chi connectivity index (χ3v) is 2.47. The number of ether oxygens (including phenoxy) is 1. The van der Waals surface area contributed by atoms with Gasteiger partial charge in [0.05, 0.1) is 6.61 Å². The van der Waals surface area contributed by atoms with E-state index < -0.39 is 0 Å². The minimum atomic E-state index is 0.699. The topological polar surface area (TPSA) is 38.5 Å². The van der Waals surface area contributed by atoms with Crippen LogP contribution < -0.4 is 5.73 Å². The molecule has 0 heterocycles. The molecule has 0 aliphatic heterocycles.